The van der Waals surface area contributed by atoms with Crippen LogP contribution in [0, 0.1) is 0 Å². The summed E-state index contributed by atoms with van der Waals surface area (Å²) in [4.78, 5) is 27.7. The van der Waals surface area contributed by atoms with Crippen molar-refractivity contribution in [3.8, 4) is 0 Å². The van der Waals surface area contributed by atoms with Crippen molar-refractivity contribution in [1.82, 2.24) is 5.32 Å². The van der Waals surface area contributed by atoms with Crippen LogP contribution in [0.25, 0.3) is 0 Å². The maximum Gasteiger partial charge on any atom is 0.252 e. The number of para-hydroxylation sites is 1. The van der Waals surface area contributed by atoms with Crippen LogP contribution in [-0.4, -0.2) is 50.6 Å². The number of carbonyl (C=O) groups is 2. The highest BCUT2D eigenvalue weighted by Crippen LogP contribution is 2.29. The van der Waals surface area contributed by atoms with Crippen molar-refractivity contribution in [1.29, 1.82) is 0 Å². The predicted molar refractivity (Wildman–Crippen MR) is 116 cm³/mol. The molecule has 1 heterocycles. The second-order valence-electron chi connectivity index (χ2n) is 6.70. The molecule has 1 N–H and O–H groups in total. The zero-order valence-electron chi connectivity index (χ0n) is 16.3. The molecule has 0 aromatic heterocycles. The molecule has 0 atom stereocenters. The molecule has 0 saturated heterocycles. The van der Waals surface area contributed by atoms with Crippen LogP contribution < -0.4 is 10.2 Å². The number of thioether (sulfide) groups is 1. The zero-order valence-corrected chi connectivity index (χ0v) is 17.9. The molecule has 2 aromatic rings. The van der Waals surface area contributed by atoms with Gasteiger partial charge in [-0.1, -0.05) is 37.3 Å². The first-order chi connectivity index (χ1) is 13.9. The minimum atomic E-state index is -3.13. The van der Waals surface area contributed by atoms with Gasteiger partial charge in [0, 0.05) is 29.4 Å². The molecule has 3 rings (SSSR count). The van der Waals surface area contributed by atoms with Gasteiger partial charge in [0.2, 0.25) is 5.91 Å². The van der Waals surface area contributed by atoms with Gasteiger partial charge in [-0.15, -0.1) is 11.8 Å². The number of hydrogen-bond donors (Lipinski definition) is 1. The molecule has 0 unspecified atom stereocenters. The molecule has 154 valence electrons. The molecule has 0 spiro atoms. The van der Waals surface area contributed by atoms with Crippen LogP contribution in [0.1, 0.15) is 22.8 Å². The topological polar surface area (TPSA) is 83.5 Å². The van der Waals surface area contributed by atoms with E-state index in [0.717, 1.165) is 12.1 Å². The van der Waals surface area contributed by atoms with Gasteiger partial charge in [-0.25, -0.2) is 8.42 Å². The van der Waals surface area contributed by atoms with Gasteiger partial charge in [0.25, 0.3) is 5.91 Å². The van der Waals surface area contributed by atoms with E-state index in [4.69, 9.17) is 0 Å². The standard InChI is InChI=1S/C21H24N2O4S2/c1-2-29(26,27)14-12-22-21(25)17-8-4-6-10-19(17)28-15-20(24)23-13-11-16-7-3-5-9-18(16)23/h3-10H,2,11-15H2,1H3,(H,22,25). The van der Waals surface area contributed by atoms with Crippen molar-refractivity contribution in [3.63, 3.8) is 0 Å². The fourth-order valence-corrected chi connectivity index (χ4v) is 4.78. The first kappa shape index (κ1) is 21.4. The van der Waals surface area contributed by atoms with Gasteiger partial charge in [-0.05, 0) is 30.2 Å². The first-order valence-corrected chi connectivity index (χ1v) is 12.3. The second-order valence-corrected chi connectivity index (χ2v) is 10.2. The normalized spacial score (nSPS) is 13.2. The van der Waals surface area contributed by atoms with Gasteiger partial charge in [-0.3, -0.25) is 9.59 Å². The minimum absolute atomic E-state index is 0.00389. The van der Waals surface area contributed by atoms with Crippen LogP contribution in [0.15, 0.2) is 53.4 Å². The largest absolute Gasteiger partial charge is 0.351 e. The molecule has 0 saturated carbocycles. The number of benzene rings is 2. The third-order valence-corrected chi connectivity index (χ3v) is 7.57. The number of rotatable bonds is 8. The summed E-state index contributed by atoms with van der Waals surface area (Å²) in [7, 11) is -3.13. The molecule has 0 radical (unpaired) electrons. The van der Waals surface area contributed by atoms with Gasteiger partial charge in [0.15, 0.2) is 9.84 Å². The number of anilines is 1. The Kier molecular flexibility index (Phi) is 6.97. The van der Waals surface area contributed by atoms with Crippen LogP contribution in [0.4, 0.5) is 5.69 Å². The van der Waals surface area contributed by atoms with E-state index < -0.39 is 9.84 Å². The maximum atomic E-state index is 12.7. The van der Waals surface area contributed by atoms with E-state index in [0.29, 0.717) is 17.0 Å². The Hall–Kier alpha value is -2.32. The van der Waals surface area contributed by atoms with Crippen LogP contribution in [-0.2, 0) is 21.1 Å². The smallest absolute Gasteiger partial charge is 0.252 e. The minimum Gasteiger partial charge on any atom is -0.351 e. The second kappa shape index (κ2) is 9.45. The molecule has 1 aliphatic rings. The summed E-state index contributed by atoms with van der Waals surface area (Å²) in [5.74, 6) is -0.139. The average Bonchev–Trinajstić information content (AvgIpc) is 3.16. The van der Waals surface area contributed by atoms with Crippen molar-refractivity contribution in [2.75, 3.05) is 35.2 Å². The maximum absolute atomic E-state index is 12.7. The lowest BCUT2D eigenvalue weighted by molar-refractivity contribution is -0.116. The first-order valence-electron chi connectivity index (χ1n) is 9.50. The molecule has 6 nitrogen and oxygen atoms in total. The van der Waals surface area contributed by atoms with Crippen LogP contribution in [0.5, 0.6) is 0 Å². The Morgan fingerprint density at radius 3 is 2.62 bits per heavy atom. The lowest BCUT2D eigenvalue weighted by Gasteiger charge is -2.17. The van der Waals surface area contributed by atoms with Crippen molar-refractivity contribution < 1.29 is 18.0 Å². The Balaban J connectivity index is 1.61. The number of amides is 2. The van der Waals surface area contributed by atoms with Crippen LogP contribution in [0.2, 0.25) is 0 Å². The predicted octanol–water partition coefficient (Wildman–Crippen LogP) is 2.53. The Morgan fingerprint density at radius 1 is 1.10 bits per heavy atom. The highest BCUT2D eigenvalue weighted by Gasteiger charge is 2.24. The molecule has 1 aliphatic heterocycles. The fourth-order valence-electron chi connectivity index (χ4n) is 3.15. The van der Waals surface area contributed by atoms with Gasteiger partial charge in [0.05, 0.1) is 17.1 Å². The molecular formula is C21H24N2O4S2. The highest BCUT2D eigenvalue weighted by molar-refractivity contribution is 8.00. The highest BCUT2D eigenvalue weighted by atomic mass is 32.2. The van der Waals surface area contributed by atoms with Crippen molar-refractivity contribution in [2.24, 2.45) is 0 Å². The molecule has 0 aliphatic carbocycles. The summed E-state index contributed by atoms with van der Waals surface area (Å²) in [6, 6.07) is 14.9. The molecular weight excluding hydrogens is 408 g/mol. The Labute approximate surface area is 175 Å². The summed E-state index contributed by atoms with van der Waals surface area (Å²) in [5.41, 5.74) is 2.58. The van der Waals surface area contributed by atoms with Crippen molar-refractivity contribution in [2.45, 2.75) is 18.2 Å². The van der Waals surface area contributed by atoms with E-state index in [9.17, 15) is 18.0 Å². The van der Waals surface area contributed by atoms with E-state index >= 15 is 0 Å². The van der Waals surface area contributed by atoms with Gasteiger partial charge in [0.1, 0.15) is 0 Å². The van der Waals surface area contributed by atoms with Gasteiger partial charge >= 0.3 is 0 Å². The molecule has 0 bridgehead atoms. The van der Waals surface area contributed by atoms with E-state index in [1.807, 2.05) is 30.3 Å². The summed E-state index contributed by atoms with van der Waals surface area (Å²) < 4.78 is 23.2. The van der Waals surface area contributed by atoms with E-state index in [-0.39, 0.29) is 35.6 Å². The number of nitrogens with zero attached hydrogens (tertiary/aromatic N) is 1. The number of fused-ring (bicyclic) bond motifs is 1. The van der Waals surface area contributed by atoms with Crippen molar-refractivity contribution >= 4 is 39.1 Å². The SMILES string of the molecule is CCS(=O)(=O)CCNC(=O)c1ccccc1SCC(=O)N1CCc2ccccc21. The van der Waals surface area contributed by atoms with Gasteiger partial charge < -0.3 is 10.2 Å². The molecule has 0 fully saturated rings. The molecule has 8 heteroatoms. The molecule has 2 amide bonds. The Morgan fingerprint density at radius 2 is 1.83 bits per heavy atom. The summed E-state index contributed by atoms with van der Waals surface area (Å²) in [5, 5.41) is 2.66. The Bertz CT molecular complexity index is 1010. The quantitative estimate of drug-likeness (QED) is 0.648. The zero-order chi connectivity index (χ0) is 20.9. The summed E-state index contributed by atoms with van der Waals surface area (Å²) >= 11 is 1.32. The number of nitrogens with one attached hydrogen (secondary N) is 1. The lowest BCUT2D eigenvalue weighted by atomic mass is 10.2. The summed E-state index contributed by atoms with van der Waals surface area (Å²) in [6.45, 7) is 2.32. The van der Waals surface area contributed by atoms with E-state index in [2.05, 4.69) is 5.32 Å². The van der Waals surface area contributed by atoms with Crippen molar-refractivity contribution in [3.05, 3.63) is 59.7 Å². The van der Waals surface area contributed by atoms with E-state index in [1.54, 1.807) is 30.0 Å². The number of sulfone groups is 1. The van der Waals surface area contributed by atoms with Gasteiger partial charge in [-0.2, -0.15) is 0 Å². The molecule has 29 heavy (non-hydrogen) atoms. The number of hydrogen-bond acceptors (Lipinski definition) is 5. The van der Waals surface area contributed by atoms with Crippen LogP contribution >= 0.6 is 11.8 Å². The molecule has 2 aromatic carbocycles. The average molecular weight is 433 g/mol. The monoisotopic (exact) mass is 432 g/mol. The van der Waals surface area contributed by atoms with Crippen LogP contribution in [0.3, 0.4) is 0 Å². The van der Waals surface area contributed by atoms with E-state index in [1.165, 1.54) is 17.3 Å². The fraction of sp³-hybridized carbons (Fsp3) is 0.333. The summed E-state index contributed by atoms with van der Waals surface area (Å²) in [6.07, 6.45) is 0.853. The number of carbonyl (C=O) groups excluding carboxylic acids is 2. The third-order valence-electron chi connectivity index (χ3n) is 4.81. The lowest BCUT2D eigenvalue weighted by Crippen LogP contribution is -2.31. The third kappa shape index (κ3) is 5.39.